The lowest BCUT2D eigenvalue weighted by Gasteiger charge is -2.23. The highest BCUT2D eigenvalue weighted by molar-refractivity contribution is 5.98. The second-order valence-corrected chi connectivity index (χ2v) is 5.29. The molecule has 0 aliphatic heterocycles. The number of anilines is 1. The minimum absolute atomic E-state index is 0.142. The van der Waals surface area contributed by atoms with Crippen molar-refractivity contribution in [1.82, 2.24) is 5.32 Å². The molecule has 0 aliphatic rings. The van der Waals surface area contributed by atoms with Crippen molar-refractivity contribution < 1.29 is 24.7 Å². The Labute approximate surface area is 137 Å². The largest absolute Gasteiger partial charge is 0.391 e. The Morgan fingerprint density at radius 3 is 2.08 bits per heavy atom. The molecule has 6 N–H and O–H groups in total. The molecule has 1 rings (SSSR count). The molecule has 0 fully saturated rings. The SMILES string of the molecule is C[C@H](O)[C@H](NC(=O)[C@@H](N)[C@@H](C)O)C(=O)Nc1ccc([N+](=O)[O-])cc1. The lowest BCUT2D eigenvalue weighted by molar-refractivity contribution is -0.384. The smallest absolute Gasteiger partial charge is 0.269 e. The molecule has 0 aliphatic carbocycles. The Kier molecular flexibility index (Phi) is 6.77. The summed E-state index contributed by atoms with van der Waals surface area (Å²) in [5, 5.41) is 34.2. The number of carbonyl (C=O) groups is 2. The molecule has 1 aromatic carbocycles. The summed E-state index contributed by atoms with van der Waals surface area (Å²) < 4.78 is 0. The van der Waals surface area contributed by atoms with Gasteiger partial charge in [-0.3, -0.25) is 19.7 Å². The van der Waals surface area contributed by atoms with Crippen LogP contribution in [0.15, 0.2) is 24.3 Å². The zero-order valence-electron chi connectivity index (χ0n) is 13.2. The predicted octanol–water partition coefficient (Wildman–Crippen LogP) is -0.893. The molecule has 132 valence electrons. The van der Waals surface area contributed by atoms with Gasteiger partial charge in [-0.05, 0) is 26.0 Å². The molecule has 0 spiro atoms. The van der Waals surface area contributed by atoms with E-state index in [0.717, 1.165) is 0 Å². The normalized spacial score (nSPS) is 15.7. The summed E-state index contributed by atoms with van der Waals surface area (Å²) >= 11 is 0. The van der Waals surface area contributed by atoms with Crippen LogP contribution in [0.4, 0.5) is 11.4 Å². The summed E-state index contributed by atoms with van der Waals surface area (Å²) in [6, 6.07) is 2.48. The maximum Gasteiger partial charge on any atom is 0.269 e. The molecule has 24 heavy (non-hydrogen) atoms. The standard InChI is InChI=1S/C14H20N4O6/c1-7(19)11(15)13(21)17-12(8(2)20)14(22)16-9-3-5-10(6-4-9)18(23)24/h3-8,11-12,19-20H,15H2,1-2H3,(H,16,22)(H,17,21)/t7-,8+,11+,12+/m1/s1. The molecule has 10 nitrogen and oxygen atoms in total. The first-order valence-electron chi connectivity index (χ1n) is 7.11. The highest BCUT2D eigenvalue weighted by atomic mass is 16.6. The zero-order valence-corrected chi connectivity index (χ0v) is 13.2. The van der Waals surface area contributed by atoms with Gasteiger partial charge >= 0.3 is 0 Å². The molecule has 0 saturated heterocycles. The quantitative estimate of drug-likeness (QED) is 0.317. The molecular formula is C14H20N4O6. The van der Waals surface area contributed by atoms with Gasteiger partial charge in [0.15, 0.2) is 0 Å². The van der Waals surface area contributed by atoms with Crippen molar-refractivity contribution in [3.05, 3.63) is 34.4 Å². The number of amides is 2. The fourth-order valence-electron chi connectivity index (χ4n) is 1.76. The number of nitro groups is 1. The minimum atomic E-state index is -1.31. The molecule has 4 atom stereocenters. The number of benzene rings is 1. The highest BCUT2D eigenvalue weighted by Gasteiger charge is 2.29. The second-order valence-electron chi connectivity index (χ2n) is 5.29. The van der Waals surface area contributed by atoms with Gasteiger partial charge in [-0.15, -0.1) is 0 Å². The number of nitrogens with two attached hydrogens (primary N) is 1. The molecule has 0 saturated carbocycles. The summed E-state index contributed by atoms with van der Waals surface area (Å²) in [5.41, 5.74) is 5.58. The van der Waals surface area contributed by atoms with Crippen LogP contribution in [-0.2, 0) is 9.59 Å². The van der Waals surface area contributed by atoms with Gasteiger partial charge in [0.2, 0.25) is 11.8 Å². The van der Waals surface area contributed by atoms with Crippen LogP contribution >= 0.6 is 0 Å². The van der Waals surface area contributed by atoms with E-state index in [0.29, 0.717) is 0 Å². The van der Waals surface area contributed by atoms with Crippen LogP contribution in [0.3, 0.4) is 0 Å². The number of aliphatic hydroxyl groups excluding tert-OH is 2. The fourth-order valence-corrected chi connectivity index (χ4v) is 1.76. The van der Waals surface area contributed by atoms with E-state index in [9.17, 15) is 29.9 Å². The van der Waals surface area contributed by atoms with E-state index in [2.05, 4.69) is 10.6 Å². The van der Waals surface area contributed by atoms with Crippen LogP contribution in [0.1, 0.15) is 13.8 Å². The van der Waals surface area contributed by atoms with Crippen molar-refractivity contribution in [2.75, 3.05) is 5.32 Å². The van der Waals surface area contributed by atoms with Gasteiger partial charge in [0.1, 0.15) is 12.1 Å². The lowest BCUT2D eigenvalue weighted by Crippen LogP contribution is -2.56. The Hall–Kier alpha value is -2.56. The fraction of sp³-hybridized carbons (Fsp3) is 0.429. The van der Waals surface area contributed by atoms with Crippen LogP contribution in [0.25, 0.3) is 0 Å². The average molecular weight is 340 g/mol. The Morgan fingerprint density at radius 2 is 1.67 bits per heavy atom. The summed E-state index contributed by atoms with van der Waals surface area (Å²) in [5.74, 6) is -1.53. The molecular weight excluding hydrogens is 320 g/mol. The number of hydrogen-bond donors (Lipinski definition) is 5. The van der Waals surface area contributed by atoms with Gasteiger partial charge in [-0.25, -0.2) is 0 Å². The predicted molar refractivity (Wildman–Crippen MR) is 85.0 cm³/mol. The first kappa shape index (κ1) is 19.5. The van der Waals surface area contributed by atoms with Gasteiger partial charge < -0.3 is 26.6 Å². The van der Waals surface area contributed by atoms with Crippen LogP contribution in [0.5, 0.6) is 0 Å². The minimum Gasteiger partial charge on any atom is -0.391 e. The Balaban J connectivity index is 2.80. The van der Waals surface area contributed by atoms with Crippen LogP contribution in [0.2, 0.25) is 0 Å². The van der Waals surface area contributed by atoms with Gasteiger partial charge in [0, 0.05) is 17.8 Å². The number of aliphatic hydroxyl groups is 2. The highest BCUT2D eigenvalue weighted by Crippen LogP contribution is 2.15. The number of nitro benzene ring substituents is 1. The third-order valence-corrected chi connectivity index (χ3v) is 3.23. The van der Waals surface area contributed by atoms with Crippen molar-refractivity contribution in [2.45, 2.75) is 38.1 Å². The second kappa shape index (κ2) is 8.34. The summed E-state index contributed by atoms with van der Waals surface area (Å²) in [4.78, 5) is 34.0. The van der Waals surface area contributed by atoms with Crippen molar-refractivity contribution in [3.63, 3.8) is 0 Å². The lowest BCUT2D eigenvalue weighted by atomic mass is 10.1. The van der Waals surface area contributed by atoms with E-state index in [4.69, 9.17) is 5.73 Å². The summed E-state index contributed by atoms with van der Waals surface area (Å²) in [6.07, 6.45) is -2.36. The monoisotopic (exact) mass is 340 g/mol. The van der Waals surface area contributed by atoms with E-state index >= 15 is 0 Å². The number of non-ortho nitro benzene ring substituents is 1. The Bertz CT molecular complexity index is 602. The number of rotatable bonds is 7. The third kappa shape index (κ3) is 5.26. The van der Waals surface area contributed by atoms with E-state index in [1.54, 1.807) is 0 Å². The van der Waals surface area contributed by atoms with Crippen molar-refractivity contribution in [1.29, 1.82) is 0 Å². The van der Waals surface area contributed by atoms with Crippen LogP contribution < -0.4 is 16.4 Å². The average Bonchev–Trinajstić information content (AvgIpc) is 2.51. The van der Waals surface area contributed by atoms with E-state index in [-0.39, 0.29) is 11.4 Å². The van der Waals surface area contributed by atoms with Crippen molar-refractivity contribution >= 4 is 23.2 Å². The van der Waals surface area contributed by atoms with Crippen molar-refractivity contribution in [2.24, 2.45) is 5.73 Å². The first-order chi connectivity index (χ1) is 11.1. The van der Waals surface area contributed by atoms with Gasteiger partial charge in [-0.2, -0.15) is 0 Å². The van der Waals surface area contributed by atoms with Gasteiger partial charge in [-0.1, -0.05) is 0 Å². The number of nitrogens with zero attached hydrogens (tertiary/aromatic N) is 1. The van der Waals surface area contributed by atoms with E-state index in [1.807, 2.05) is 0 Å². The van der Waals surface area contributed by atoms with Gasteiger partial charge in [0.05, 0.1) is 17.1 Å². The molecule has 0 radical (unpaired) electrons. The maximum atomic E-state index is 12.2. The zero-order chi connectivity index (χ0) is 18.4. The molecule has 0 heterocycles. The summed E-state index contributed by atoms with van der Waals surface area (Å²) in [7, 11) is 0. The number of carbonyl (C=O) groups excluding carboxylic acids is 2. The molecule has 0 bridgehead atoms. The molecule has 0 unspecified atom stereocenters. The number of nitrogens with one attached hydrogen (secondary N) is 2. The summed E-state index contributed by atoms with van der Waals surface area (Å²) in [6.45, 7) is 2.62. The topological polar surface area (TPSA) is 168 Å². The van der Waals surface area contributed by atoms with Crippen LogP contribution in [0, 0.1) is 10.1 Å². The Morgan fingerprint density at radius 1 is 1.12 bits per heavy atom. The number of hydrogen-bond acceptors (Lipinski definition) is 7. The molecule has 1 aromatic rings. The van der Waals surface area contributed by atoms with Crippen LogP contribution in [-0.4, -0.2) is 51.2 Å². The maximum absolute atomic E-state index is 12.2. The third-order valence-electron chi connectivity index (χ3n) is 3.23. The van der Waals surface area contributed by atoms with Crippen molar-refractivity contribution in [3.8, 4) is 0 Å². The molecule has 10 heteroatoms. The first-order valence-corrected chi connectivity index (χ1v) is 7.11. The molecule has 0 aromatic heterocycles. The van der Waals surface area contributed by atoms with E-state index < -0.39 is 41.0 Å². The molecule has 2 amide bonds. The van der Waals surface area contributed by atoms with Gasteiger partial charge in [0.25, 0.3) is 5.69 Å². The van der Waals surface area contributed by atoms with E-state index in [1.165, 1.54) is 38.1 Å².